The molecule has 0 saturated heterocycles. The Morgan fingerprint density at radius 2 is 2.00 bits per heavy atom. The van der Waals surface area contributed by atoms with Gasteiger partial charge in [-0.1, -0.05) is 6.92 Å². The van der Waals surface area contributed by atoms with Gasteiger partial charge in [0.15, 0.2) is 17.5 Å². The van der Waals surface area contributed by atoms with Crippen LogP contribution in [0.5, 0.6) is 11.5 Å². The molecule has 0 saturated carbocycles. The average Bonchev–Trinajstić information content (AvgIpc) is 3.14. The highest BCUT2D eigenvalue weighted by atomic mass is 16.5. The van der Waals surface area contributed by atoms with Crippen LogP contribution in [0.25, 0.3) is 0 Å². The summed E-state index contributed by atoms with van der Waals surface area (Å²) >= 11 is 0. The predicted molar refractivity (Wildman–Crippen MR) is 101 cm³/mol. The lowest BCUT2D eigenvalue weighted by molar-refractivity contribution is 0.355. The first kappa shape index (κ1) is 18.7. The first-order chi connectivity index (χ1) is 12.2. The van der Waals surface area contributed by atoms with Crippen molar-refractivity contribution in [3.63, 3.8) is 0 Å². The number of nitrogens with one attached hydrogen (secondary N) is 2. The van der Waals surface area contributed by atoms with E-state index >= 15 is 0 Å². The molecule has 136 valence electrons. The number of benzene rings is 1. The maximum absolute atomic E-state index is 5.35. The highest BCUT2D eigenvalue weighted by Crippen LogP contribution is 2.29. The summed E-state index contributed by atoms with van der Waals surface area (Å²) in [5.41, 5.74) is 0.880. The minimum atomic E-state index is 0.315. The second kappa shape index (κ2) is 9.61. The SMILES string of the molecule is CCC(C)NC(=NCCc1ccco1)Nc1ccc(OC)c(OC)c1. The van der Waals surface area contributed by atoms with E-state index in [1.165, 1.54) is 0 Å². The molecule has 0 aliphatic heterocycles. The number of methoxy groups -OCH3 is 2. The van der Waals surface area contributed by atoms with Crippen molar-refractivity contribution in [1.29, 1.82) is 0 Å². The van der Waals surface area contributed by atoms with E-state index < -0.39 is 0 Å². The number of hydrogen-bond acceptors (Lipinski definition) is 4. The van der Waals surface area contributed by atoms with E-state index in [0.717, 1.165) is 30.2 Å². The lowest BCUT2D eigenvalue weighted by atomic mass is 10.2. The fraction of sp³-hybridized carbons (Fsp3) is 0.421. The Morgan fingerprint density at radius 3 is 2.64 bits per heavy atom. The highest BCUT2D eigenvalue weighted by Gasteiger charge is 2.08. The van der Waals surface area contributed by atoms with Crippen LogP contribution in [0.2, 0.25) is 0 Å². The third-order valence-electron chi connectivity index (χ3n) is 3.85. The van der Waals surface area contributed by atoms with Crippen molar-refractivity contribution in [3.05, 3.63) is 42.4 Å². The minimum Gasteiger partial charge on any atom is -0.493 e. The van der Waals surface area contributed by atoms with Crippen molar-refractivity contribution < 1.29 is 13.9 Å². The summed E-state index contributed by atoms with van der Waals surface area (Å²) in [4.78, 5) is 4.64. The van der Waals surface area contributed by atoms with E-state index in [-0.39, 0.29) is 0 Å². The third-order valence-corrected chi connectivity index (χ3v) is 3.85. The fourth-order valence-electron chi connectivity index (χ4n) is 2.24. The van der Waals surface area contributed by atoms with Crippen LogP contribution < -0.4 is 20.1 Å². The molecule has 0 amide bonds. The summed E-state index contributed by atoms with van der Waals surface area (Å²) in [6.45, 7) is 4.89. The molecule has 6 nitrogen and oxygen atoms in total. The van der Waals surface area contributed by atoms with Gasteiger partial charge in [0.05, 0.1) is 20.5 Å². The largest absolute Gasteiger partial charge is 0.493 e. The van der Waals surface area contributed by atoms with Gasteiger partial charge in [0, 0.05) is 30.8 Å². The maximum Gasteiger partial charge on any atom is 0.196 e. The number of guanidine groups is 1. The van der Waals surface area contributed by atoms with Gasteiger partial charge in [-0.2, -0.15) is 0 Å². The van der Waals surface area contributed by atoms with Crippen LogP contribution in [-0.4, -0.2) is 32.8 Å². The Balaban J connectivity index is 2.09. The molecular formula is C19H27N3O3. The molecule has 0 radical (unpaired) electrons. The number of anilines is 1. The molecule has 2 N–H and O–H groups in total. The normalized spacial score (nSPS) is 12.6. The summed E-state index contributed by atoms with van der Waals surface area (Å²) in [6.07, 6.45) is 3.44. The van der Waals surface area contributed by atoms with E-state index in [0.29, 0.717) is 24.1 Å². The van der Waals surface area contributed by atoms with E-state index in [4.69, 9.17) is 13.9 Å². The molecule has 0 spiro atoms. The van der Waals surface area contributed by atoms with Crippen LogP contribution in [0.3, 0.4) is 0 Å². The van der Waals surface area contributed by atoms with Crippen LogP contribution in [0, 0.1) is 0 Å². The smallest absolute Gasteiger partial charge is 0.196 e. The molecule has 0 aliphatic carbocycles. The number of hydrogen-bond donors (Lipinski definition) is 2. The maximum atomic E-state index is 5.35. The molecule has 1 atom stereocenters. The monoisotopic (exact) mass is 345 g/mol. The van der Waals surface area contributed by atoms with Crippen LogP contribution in [0.15, 0.2) is 46.0 Å². The van der Waals surface area contributed by atoms with Gasteiger partial charge in [0.2, 0.25) is 0 Å². The zero-order valence-corrected chi connectivity index (χ0v) is 15.3. The number of rotatable bonds is 8. The van der Waals surface area contributed by atoms with Crippen molar-refractivity contribution in [2.45, 2.75) is 32.7 Å². The molecule has 6 heteroatoms. The van der Waals surface area contributed by atoms with Crippen LogP contribution in [-0.2, 0) is 6.42 Å². The van der Waals surface area contributed by atoms with Gasteiger partial charge < -0.3 is 24.5 Å². The van der Waals surface area contributed by atoms with Gasteiger partial charge in [-0.3, -0.25) is 4.99 Å². The number of furan rings is 1. The quantitative estimate of drug-likeness (QED) is 0.564. The van der Waals surface area contributed by atoms with Crippen molar-refractivity contribution in [2.75, 3.05) is 26.1 Å². The Hall–Kier alpha value is -2.63. The van der Waals surface area contributed by atoms with Crippen LogP contribution >= 0.6 is 0 Å². The molecule has 1 unspecified atom stereocenters. The van der Waals surface area contributed by atoms with Gasteiger partial charge in [0.25, 0.3) is 0 Å². The summed E-state index contributed by atoms with van der Waals surface area (Å²) in [5.74, 6) is 3.02. The van der Waals surface area contributed by atoms with E-state index in [1.807, 2.05) is 30.3 Å². The number of aliphatic imine (C=N–C) groups is 1. The number of nitrogens with zero attached hydrogens (tertiary/aromatic N) is 1. The van der Waals surface area contributed by atoms with Gasteiger partial charge >= 0.3 is 0 Å². The van der Waals surface area contributed by atoms with Crippen molar-refractivity contribution in [3.8, 4) is 11.5 Å². The van der Waals surface area contributed by atoms with E-state index in [1.54, 1.807) is 20.5 Å². The molecule has 0 fully saturated rings. The Labute approximate surface area is 149 Å². The lowest BCUT2D eigenvalue weighted by Gasteiger charge is -2.18. The van der Waals surface area contributed by atoms with E-state index in [9.17, 15) is 0 Å². The minimum absolute atomic E-state index is 0.315. The Bertz CT molecular complexity index is 669. The molecular weight excluding hydrogens is 318 g/mol. The summed E-state index contributed by atoms with van der Waals surface area (Å²) < 4.78 is 16.0. The van der Waals surface area contributed by atoms with Crippen molar-refractivity contribution in [1.82, 2.24) is 5.32 Å². The zero-order chi connectivity index (χ0) is 18.1. The van der Waals surface area contributed by atoms with Gasteiger partial charge in [0.1, 0.15) is 5.76 Å². The van der Waals surface area contributed by atoms with Gasteiger partial charge in [-0.05, 0) is 37.6 Å². The predicted octanol–water partition coefficient (Wildman–Crippen LogP) is 3.70. The average molecular weight is 345 g/mol. The number of ether oxygens (including phenoxy) is 2. The van der Waals surface area contributed by atoms with Gasteiger partial charge in [-0.15, -0.1) is 0 Å². The van der Waals surface area contributed by atoms with Crippen LogP contribution in [0.1, 0.15) is 26.0 Å². The summed E-state index contributed by atoms with van der Waals surface area (Å²) in [5, 5.41) is 6.72. The first-order valence-electron chi connectivity index (χ1n) is 8.48. The molecule has 2 rings (SSSR count). The third kappa shape index (κ3) is 5.74. The first-order valence-corrected chi connectivity index (χ1v) is 8.48. The molecule has 2 aromatic rings. The topological polar surface area (TPSA) is 68.0 Å². The molecule has 25 heavy (non-hydrogen) atoms. The molecule has 1 aromatic heterocycles. The summed E-state index contributed by atoms with van der Waals surface area (Å²) in [6, 6.07) is 9.85. The molecule has 0 bridgehead atoms. The van der Waals surface area contributed by atoms with E-state index in [2.05, 4.69) is 29.5 Å². The zero-order valence-electron chi connectivity index (χ0n) is 15.3. The Morgan fingerprint density at radius 1 is 1.20 bits per heavy atom. The summed E-state index contributed by atoms with van der Waals surface area (Å²) in [7, 11) is 3.24. The molecule has 1 aromatic carbocycles. The van der Waals surface area contributed by atoms with Crippen molar-refractivity contribution >= 4 is 11.6 Å². The lowest BCUT2D eigenvalue weighted by Crippen LogP contribution is -2.37. The standard InChI is InChI=1S/C19H27N3O3/c1-5-14(2)21-19(20-11-10-16-7-6-12-25-16)22-15-8-9-17(23-3)18(13-15)24-4/h6-9,12-14H,5,10-11H2,1-4H3,(H2,20,21,22). The molecule has 0 aliphatic rings. The fourth-order valence-corrected chi connectivity index (χ4v) is 2.24. The second-order valence-corrected chi connectivity index (χ2v) is 5.71. The molecule has 1 heterocycles. The van der Waals surface area contributed by atoms with Gasteiger partial charge in [-0.25, -0.2) is 0 Å². The highest BCUT2D eigenvalue weighted by molar-refractivity contribution is 5.94. The van der Waals surface area contributed by atoms with Crippen molar-refractivity contribution in [2.24, 2.45) is 4.99 Å². The van der Waals surface area contributed by atoms with Crippen LogP contribution in [0.4, 0.5) is 5.69 Å². The Kier molecular flexibility index (Phi) is 7.19. The second-order valence-electron chi connectivity index (χ2n) is 5.71.